The Morgan fingerprint density at radius 3 is 2.75 bits per heavy atom. The fourth-order valence-corrected chi connectivity index (χ4v) is 3.67. The van der Waals surface area contributed by atoms with Crippen molar-refractivity contribution in [1.82, 2.24) is 14.8 Å². The molecule has 4 rings (SSSR count). The van der Waals surface area contributed by atoms with Crippen LogP contribution in [-0.2, 0) is 11.3 Å². The number of aromatic nitrogens is 3. The quantitative estimate of drug-likeness (QED) is 0.462. The van der Waals surface area contributed by atoms with Crippen LogP contribution in [-0.4, -0.2) is 26.4 Å². The van der Waals surface area contributed by atoms with E-state index in [2.05, 4.69) is 15.4 Å². The number of benzene rings is 2. The molecule has 0 fully saturated rings. The standard InChI is InChI=1S/C21H17ClN4OS/c22-17-7-3-1-6-16(17)13-26-19(11-12-23-26)25-20(27)14-28-21-10-9-15-5-2-4-8-18(15)24-21/h1-12H,13-14H2,(H,25,27). The van der Waals surface area contributed by atoms with Crippen molar-refractivity contribution < 1.29 is 4.79 Å². The first-order valence-corrected chi connectivity index (χ1v) is 10.1. The maximum absolute atomic E-state index is 12.4. The van der Waals surface area contributed by atoms with Crippen LogP contribution in [0.15, 0.2) is 78.0 Å². The first kappa shape index (κ1) is 18.5. The molecule has 140 valence electrons. The highest BCUT2D eigenvalue weighted by Crippen LogP contribution is 2.21. The molecule has 0 saturated heterocycles. The molecule has 0 bridgehead atoms. The topological polar surface area (TPSA) is 59.8 Å². The minimum Gasteiger partial charge on any atom is -0.310 e. The molecule has 0 saturated carbocycles. The average Bonchev–Trinajstić information content (AvgIpc) is 3.14. The lowest BCUT2D eigenvalue weighted by molar-refractivity contribution is -0.113. The van der Waals surface area contributed by atoms with Crippen molar-refractivity contribution in [3.63, 3.8) is 0 Å². The largest absolute Gasteiger partial charge is 0.310 e. The zero-order valence-electron chi connectivity index (χ0n) is 14.9. The number of halogens is 1. The molecular weight excluding hydrogens is 392 g/mol. The van der Waals surface area contributed by atoms with Gasteiger partial charge in [-0.05, 0) is 23.8 Å². The molecule has 2 aromatic heterocycles. The van der Waals surface area contributed by atoms with E-state index in [1.165, 1.54) is 11.8 Å². The Morgan fingerprint density at radius 1 is 1.04 bits per heavy atom. The van der Waals surface area contributed by atoms with Crippen molar-refractivity contribution in [2.75, 3.05) is 11.1 Å². The summed E-state index contributed by atoms with van der Waals surface area (Å²) in [7, 11) is 0. The summed E-state index contributed by atoms with van der Waals surface area (Å²) in [5, 5.41) is 9.77. The predicted molar refractivity (Wildman–Crippen MR) is 114 cm³/mol. The molecule has 5 nitrogen and oxygen atoms in total. The normalized spacial score (nSPS) is 10.9. The van der Waals surface area contributed by atoms with Crippen LogP contribution in [0.5, 0.6) is 0 Å². The molecule has 7 heteroatoms. The monoisotopic (exact) mass is 408 g/mol. The van der Waals surface area contributed by atoms with Gasteiger partial charge in [-0.15, -0.1) is 0 Å². The molecule has 1 N–H and O–H groups in total. The number of fused-ring (bicyclic) bond motifs is 1. The second-order valence-electron chi connectivity index (χ2n) is 6.14. The number of carbonyl (C=O) groups is 1. The third-order valence-corrected chi connectivity index (χ3v) is 5.48. The van der Waals surface area contributed by atoms with E-state index in [-0.39, 0.29) is 11.7 Å². The summed E-state index contributed by atoms with van der Waals surface area (Å²) in [6.07, 6.45) is 1.66. The Morgan fingerprint density at radius 2 is 1.86 bits per heavy atom. The summed E-state index contributed by atoms with van der Waals surface area (Å²) in [5.74, 6) is 0.792. The van der Waals surface area contributed by atoms with Crippen molar-refractivity contribution in [2.24, 2.45) is 0 Å². The van der Waals surface area contributed by atoms with Crippen LogP contribution in [0.2, 0.25) is 5.02 Å². The van der Waals surface area contributed by atoms with E-state index in [1.54, 1.807) is 16.9 Å². The molecule has 0 unspecified atom stereocenters. The molecule has 0 aliphatic carbocycles. The van der Waals surface area contributed by atoms with Crippen LogP contribution < -0.4 is 5.32 Å². The van der Waals surface area contributed by atoms with E-state index in [9.17, 15) is 4.79 Å². The second-order valence-corrected chi connectivity index (χ2v) is 7.55. The summed E-state index contributed by atoms with van der Waals surface area (Å²) in [5.41, 5.74) is 1.86. The zero-order valence-corrected chi connectivity index (χ0v) is 16.5. The lowest BCUT2D eigenvalue weighted by Crippen LogP contribution is -2.18. The predicted octanol–water partition coefficient (Wildman–Crippen LogP) is 4.86. The van der Waals surface area contributed by atoms with E-state index < -0.39 is 0 Å². The number of nitrogens with zero attached hydrogens (tertiary/aromatic N) is 3. The van der Waals surface area contributed by atoms with Crippen LogP contribution in [0.3, 0.4) is 0 Å². The molecule has 0 atom stereocenters. The number of pyridine rings is 1. The smallest absolute Gasteiger partial charge is 0.235 e. The Labute approximate surface area is 171 Å². The number of amides is 1. The first-order chi connectivity index (χ1) is 13.7. The third-order valence-electron chi connectivity index (χ3n) is 4.19. The van der Waals surface area contributed by atoms with Gasteiger partial charge in [0.15, 0.2) is 0 Å². The number of nitrogens with one attached hydrogen (secondary N) is 1. The average molecular weight is 409 g/mol. The SMILES string of the molecule is O=C(CSc1ccc2ccccc2n1)Nc1ccnn1Cc1ccccc1Cl. The van der Waals surface area contributed by atoms with Crippen molar-refractivity contribution in [3.05, 3.63) is 83.5 Å². The number of carbonyl (C=O) groups excluding carboxylic acids is 1. The van der Waals surface area contributed by atoms with Crippen molar-refractivity contribution in [1.29, 1.82) is 0 Å². The van der Waals surface area contributed by atoms with E-state index in [1.807, 2.05) is 60.7 Å². The van der Waals surface area contributed by atoms with Crippen molar-refractivity contribution >= 4 is 46.0 Å². The molecule has 2 aromatic carbocycles. The number of para-hydroxylation sites is 1. The number of rotatable bonds is 6. The van der Waals surface area contributed by atoms with Crippen LogP contribution in [0.25, 0.3) is 10.9 Å². The summed E-state index contributed by atoms with van der Waals surface area (Å²) in [6, 6.07) is 21.2. The Bertz CT molecular complexity index is 1130. The van der Waals surface area contributed by atoms with E-state index in [4.69, 9.17) is 11.6 Å². The van der Waals surface area contributed by atoms with Gasteiger partial charge in [0, 0.05) is 16.5 Å². The summed E-state index contributed by atoms with van der Waals surface area (Å²) in [4.78, 5) is 17.0. The summed E-state index contributed by atoms with van der Waals surface area (Å²) < 4.78 is 1.72. The van der Waals surface area contributed by atoms with Crippen LogP contribution in [0.1, 0.15) is 5.56 Å². The van der Waals surface area contributed by atoms with Gasteiger partial charge in [-0.2, -0.15) is 5.10 Å². The zero-order chi connectivity index (χ0) is 19.3. The van der Waals surface area contributed by atoms with Gasteiger partial charge in [0.05, 0.1) is 29.0 Å². The van der Waals surface area contributed by atoms with Crippen molar-refractivity contribution in [3.8, 4) is 0 Å². The van der Waals surface area contributed by atoms with Gasteiger partial charge in [-0.1, -0.05) is 65.8 Å². The van der Waals surface area contributed by atoms with Crippen LogP contribution in [0, 0.1) is 0 Å². The number of hydrogen-bond acceptors (Lipinski definition) is 4. The van der Waals surface area contributed by atoms with Gasteiger partial charge in [0.1, 0.15) is 5.82 Å². The minimum absolute atomic E-state index is 0.110. The highest BCUT2D eigenvalue weighted by molar-refractivity contribution is 7.99. The maximum atomic E-state index is 12.4. The van der Waals surface area contributed by atoms with Crippen LogP contribution in [0.4, 0.5) is 5.82 Å². The van der Waals surface area contributed by atoms with Gasteiger partial charge in [0.2, 0.25) is 5.91 Å². The molecule has 28 heavy (non-hydrogen) atoms. The number of anilines is 1. The third kappa shape index (κ3) is 4.35. The first-order valence-electron chi connectivity index (χ1n) is 8.73. The molecule has 1 amide bonds. The molecule has 0 radical (unpaired) electrons. The van der Waals surface area contributed by atoms with Gasteiger partial charge >= 0.3 is 0 Å². The minimum atomic E-state index is -0.110. The van der Waals surface area contributed by atoms with Gasteiger partial charge in [0.25, 0.3) is 0 Å². The number of hydrogen-bond donors (Lipinski definition) is 1. The Kier molecular flexibility index (Phi) is 5.60. The Hall–Kier alpha value is -2.83. The Balaban J connectivity index is 1.39. The maximum Gasteiger partial charge on any atom is 0.235 e. The van der Waals surface area contributed by atoms with Gasteiger partial charge in [-0.25, -0.2) is 9.67 Å². The summed E-state index contributed by atoms with van der Waals surface area (Å²) >= 11 is 7.62. The fraction of sp³-hybridized carbons (Fsp3) is 0.0952. The van der Waals surface area contributed by atoms with Gasteiger partial charge in [-0.3, -0.25) is 4.79 Å². The van der Waals surface area contributed by atoms with E-state index >= 15 is 0 Å². The molecular formula is C21H17ClN4OS. The van der Waals surface area contributed by atoms with Crippen molar-refractivity contribution in [2.45, 2.75) is 11.6 Å². The molecule has 0 aliphatic heterocycles. The summed E-state index contributed by atoms with van der Waals surface area (Å²) in [6.45, 7) is 0.488. The lowest BCUT2D eigenvalue weighted by Gasteiger charge is -2.10. The lowest BCUT2D eigenvalue weighted by atomic mass is 10.2. The van der Waals surface area contributed by atoms with Gasteiger partial charge < -0.3 is 5.32 Å². The highest BCUT2D eigenvalue weighted by atomic mass is 35.5. The van der Waals surface area contributed by atoms with E-state index in [0.717, 1.165) is 21.5 Å². The molecule has 4 aromatic rings. The highest BCUT2D eigenvalue weighted by Gasteiger charge is 2.10. The van der Waals surface area contributed by atoms with E-state index in [0.29, 0.717) is 17.4 Å². The van der Waals surface area contributed by atoms with Crippen LogP contribution >= 0.6 is 23.4 Å². The molecule has 0 aliphatic rings. The number of thioether (sulfide) groups is 1. The second kappa shape index (κ2) is 8.46. The molecule has 2 heterocycles. The molecule has 0 spiro atoms. The fourth-order valence-electron chi connectivity index (χ4n) is 2.80.